The van der Waals surface area contributed by atoms with E-state index in [9.17, 15) is 0 Å². The summed E-state index contributed by atoms with van der Waals surface area (Å²) in [6, 6.07) is 13.8. The molecule has 0 aliphatic heterocycles. The first-order valence-corrected chi connectivity index (χ1v) is 8.23. The van der Waals surface area contributed by atoms with Crippen molar-refractivity contribution in [3.8, 4) is 5.75 Å². The third-order valence-electron chi connectivity index (χ3n) is 3.76. The second kappa shape index (κ2) is 7.64. The van der Waals surface area contributed by atoms with Crippen molar-refractivity contribution in [2.75, 3.05) is 24.2 Å². The summed E-state index contributed by atoms with van der Waals surface area (Å²) in [5.41, 5.74) is 8.89. The van der Waals surface area contributed by atoms with Gasteiger partial charge in [0.15, 0.2) is 0 Å². The van der Waals surface area contributed by atoms with E-state index >= 15 is 0 Å². The number of nitrogen functional groups attached to an aromatic ring is 1. The Morgan fingerprint density at radius 2 is 2.04 bits per heavy atom. The third kappa shape index (κ3) is 3.93. The zero-order valence-electron chi connectivity index (χ0n) is 13.8. The molecule has 0 atom stereocenters. The maximum absolute atomic E-state index is 6.11. The highest BCUT2D eigenvalue weighted by Crippen LogP contribution is 2.20. The van der Waals surface area contributed by atoms with Crippen molar-refractivity contribution in [3.63, 3.8) is 0 Å². The first kappa shape index (κ1) is 16.1. The smallest absolute Gasteiger partial charge is 0.223 e. The first-order chi connectivity index (χ1) is 11.8. The van der Waals surface area contributed by atoms with Crippen molar-refractivity contribution >= 4 is 22.5 Å². The van der Waals surface area contributed by atoms with Gasteiger partial charge in [-0.3, -0.25) is 0 Å². The standard InChI is InChI=1S/C19H22N4O/c1-2-11-24-16-8-7-14(17(20)12-16)9-10-21-19-22-13-15-5-3-4-6-18(15)23-19/h3-8,12-13H,2,9-11,20H2,1H3,(H,21,22,23). The minimum Gasteiger partial charge on any atom is -0.494 e. The lowest BCUT2D eigenvalue weighted by molar-refractivity contribution is 0.317. The largest absolute Gasteiger partial charge is 0.494 e. The van der Waals surface area contributed by atoms with Crippen LogP contribution in [0.25, 0.3) is 10.9 Å². The summed E-state index contributed by atoms with van der Waals surface area (Å²) in [5, 5.41) is 4.29. The van der Waals surface area contributed by atoms with Crippen molar-refractivity contribution in [1.29, 1.82) is 0 Å². The van der Waals surface area contributed by atoms with Crippen molar-refractivity contribution in [1.82, 2.24) is 9.97 Å². The number of benzene rings is 2. The molecule has 3 aromatic rings. The number of fused-ring (bicyclic) bond motifs is 1. The van der Waals surface area contributed by atoms with Gasteiger partial charge in [0.05, 0.1) is 12.1 Å². The topological polar surface area (TPSA) is 73.1 Å². The summed E-state index contributed by atoms with van der Waals surface area (Å²) in [4.78, 5) is 8.84. The Bertz CT molecular complexity index is 819. The van der Waals surface area contributed by atoms with E-state index in [1.807, 2.05) is 48.7 Å². The quantitative estimate of drug-likeness (QED) is 0.650. The molecule has 0 bridgehead atoms. The van der Waals surface area contributed by atoms with Crippen LogP contribution in [0.4, 0.5) is 11.6 Å². The van der Waals surface area contributed by atoms with Crippen LogP contribution in [0.1, 0.15) is 18.9 Å². The third-order valence-corrected chi connectivity index (χ3v) is 3.76. The van der Waals surface area contributed by atoms with E-state index in [1.165, 1.54) is 0 Å². The van der Waals surface area contributed by atoms with E-state index < -0.39 is 0 Å². The van der Waals surface area contributed by atoms with Crippen LogP contribution in [-0.2, 0) is 6.42 Å². The highest BCUT2D eigenvalue weighted by molar-refractivity contribution is 5.78. The molecular formula is C19H22N4O. The fourth-order valence-electron chi connectivity index (χ4n) is 2.48. The molecule has 1 aromatic heterocycles. The van der Waals surface area contributed by atoms with E-state index in [4.69, 9.17) is 10.5 Å². The van der Waals surface area contributed by atoms with Crippen LogP contribution in [-0.4, -0.2) is 23.1 Å². The van der Waals surface area contributed by atoms with Gasteiger partial charge < -0.3 is 15.8 Å². The summed E-state index contributed by atoms with van der Waals surface area (Å²) in [6.07, 6.45) is 3.62. The van der Waals surface area contributed by atoms with Crippen LogP contribution in [0.2, 0.25) is 0 Å². The summed E-state index contributed by atoms with van der Waals surface area (Å²) in [5.74, 6) is 1.46. The maximum Gasteiger partial charge on any atom is 0.223 e. The Kier molecular flexibility index (Phi) is 5.11. The van der Waals surface area contributed by atoms with Gasteiger partial charge in [-0.05, 0) is 30.5 Å². The molecule has 0 fully saturated rings. The normalized spacial score (nSPS) is 10.7. The number of nitrogens with two attached hydrogens (primary N) is 1. The Labute approximate surface area is 141 Å². The first-order valence-electron chi connectivity index (χ1n) is 8.23. The SMILES string of the molecule is CCCOc1ccc(CCNc2ncc3ccccc3n2)c(N)c1. The number of rotatable bonds is 7. The molecule has 2 aromatic carbocycles. The minimum absolute atomic E-state index is 0.634. The number of nitrogens with zero attached hydrogens (tertiary/aromatic N) is 2. The number of nitrogens with one attached hydrogen (secondary N) is 1. The molecule has 0 saturated heterocycles. The fraction of sp³-hybridized carbons (Fsp3) is 0.263. The molecule has 24 heavy (non-hydrogen) atoms. The van der Waals surface area contributed by atoms with Gasteiger partial charge in [-0.1, -0.05) is 31.2 Å². The molecule has 124 valence electrons. The van der Waals surface area contributed by atoms with Crippen LogP contribution >= 0.6 is 0 Å². The lowest BCUT2D eigenvalue weighted by atomic mass is 10.1. The summed E-state index contributed by atoms with van der Waals surface area (Å²) in [7, 11) is 0. The molecule has 3 N–H and O–H groups in total. The molecule has 1 heterocycles. The van der Waals surface area contributed by atoms with E-state index in [0.29, 0.717) is 12.6 Å². The molecule has 3 rings (SSSR count). The second-order valence-corrected chi connectivity index (χ2v) is 5.64. The van der Waals surface area contributed by atoms with Gasteiger partial charge in [0.2, 0.25) is 5.95 Å². The average Bonchev–Trinajstić information content (AvgIpc) is 2.61. The summed E-state index contributed by atoms with van der Waals surface area (Å²) >= 11 is 0. The monoisotopic (exact) mass is 322 g/mol. The number of anilines is 2. The highest BCUT2D eigenvalue weighted by atomic mass is 16.5. The zero-order chi connectivity index (χ0) is 16.8. The molecule has 0 aliphatic carbocycles. The Morgan fingerprint density at radius 1 is 1.17 bits per heavy atom. The molecule has 0 amide bonds. The number of aromatic nitrogens is 2. The van der Waals surface area contributed by atoms with Gasteiger partial charge in [0, 0.05) is 29.9 Å². The summed E-state index contributed by atoms with van der Waals surface area (Å²) < 4.78 is 5.59. The van der Waals surface area contributed by atoms with Crippen molar-refractivity contribution in [3.05, 3.63) is 54.2 Å². The average molecular weight is 322 g/mol. The number of ether oxygens (including phenoxy) is 1. The van der Waals surface area contributed by atoms with Crippen LogP contribution < -0.4 is 15.8 Å². The Morgan fingerprint density at radius 3 is 2.88 bits per heavy atom. The lowest BCUT2D eigenvalue weighted by Gasteiger charge is -2.10. The van der Waals surface area contributed by atoms with Crippen molar-refractivity contribution in [2.45, 2.75) is 19.8 Å². The molecule has 5 heteroatoms. The maximum atomic E-state index is 6.11. The predicted octanol–water partition coefficient (Wildman–Crippen LogP) is 3.66. The number of hydrogen-bond donors (Lipinski definition) is 2. The molecule has 0 aliphatic rings. The van der Waals surface area contributed by atoms with Gasteiger partial charge >= 0.3 is 0 Å². The molecule has 0 radical (unpaired) electrons. The van der Waals surface area contributed by atoms with Crippen molar-refractivity contribution < 1.29 is 4.74 Å². The molecule has 0 saturated carbocycles. The van der Waals surface area contributed by atoms with Gasteiger partial charge in [-0.15, -0.1) is 0 Å². The van der Waals surface area contributed by atoms with E-state index in [1.54, 1.807) is 0 Å². The molecule has 0 spiro atoms. The van der Waals surface area contributed by atoms with Gasteiger partial charge in [-0.25, -0.2) is 9.97 Å². The fourth-order valence-corrected chi connectivity index (χ4v) is 2.48. The number of para-hydroxylation sites is 1. The van der Waals surface area contributed by atoms with Gasteiger partial charge in [0.25, 0.3) is 0 Å². The van der Waals surface area contributed by atoms with Crippen LogP contribution in [0.3, 0.4) is 0 Å². The van der Waals surface area contributed by atoms with Crippen LogP contribution in [0.15, 0.2) is 48.7 Å². The number of hydrogen-bond acceptors (Lipinski definition) is 5. The minimum atomic E-state index is 0.634. The van der Waals surface area contributed by atoms with Crippen LogP contribution in [0, 0.1) is 0 Å². The molecule has 0 unspecified atom stereocenters. The molecular weight excluding hydrogens is 300 g/mol. The lowest BCUT2D eigenvalue weighted by Crippen LogP contribution is -2.09. The van der Waals surface area contributed by atoms with Crippen molar-refractivity contribution in [2.24, 2.45) is 0 Å². The van der Waals surface area contributed by atoms with E-state index in [0.717, 1.165) is 47.3 Å². The van der Waals surface area contributed by atoms with Gasteiger partial charge in [-0.2, -0.15) is 0 Å². The van der Waals surface area contributed by atoms with E-state index in [-0.39, 0.29) is 0 Å². The second-order valence-electron chi connectivity index (χ2n) is 5.64. The Hall–Kier alpha value is -2.82. The van der Waals surface area contributed by atoms with Crippen LogP contribution in [0.5, 0.6) is 5.75 Å². The van der Waals surface area contributed by atoms with Gasteiger partial charge in [0.1, 0.15) is 5.75 Å². The predicted molar refractivity (Wildman–Crippen MR) is 98.4 cm³/mol. The summed E-state index contributed by atoms with van der Waals surface area (Å²) in [6.45, 7) is 3.51. The zero-order valence-corrected chi connectivity index (χ0v) is 13.8. The Balaban J connectivity index is 1.59. The van der Waals surface area contributed by atoms with E-state index in [2.05, 4.69) is 22.2 Å². The highest BCUT2D eigenvalue weighted by Gasteiger charge is 2.03. The molecule has 5 nitrogen and oxygen atoms in total.